The predicted octanol–water partition coefficient (Wildman–Crippen LogP) is 3.19. The summed E-state index contributed by atoms with van der Waals surface area (Å²) < 4.78 is 0. The lowest BCUT2D eigenvalue weighted by atomic mass is 9.96. The van der Waals surface area contributed by atoms with E-state index in [0.29, 0.717) is 5.92 Å². The second kappa shape index (κ2) is 7.13. The number of benzene rings is 1. The van der Waals surface area contributed by atoms with E-state index in [1.165, 1.54) is 0 Å². The number of thiazole rings is 1. The van der Waals surface area contributed by atoms with Gasteiger partial charge in [0.1, 0.15) is 0 Å². The van der Waals surface area contributed by atoms with Crippen LogP contribution in [0.5, 0.6) is 0 Å². The summed E-state index contributed by atoms with van der Waals surface area (Å²) in [7, 11) is 0. The fraction of sp³-hybridized carbons (Fsp3) is 0.211. The highest BCUT2D eigenvalue weighted by Gasteiger charge is 2.28. The van der Waals surface area contributed by atoms with E-state index in [-0.39, 0.29) is 11.8 Å². The van der Waals surface area contributed by atoms with E-state index < -0.39 is 0 Å². The second-order valence-electron chi connectivity index (χ2n) is 6.05. The van der Waals surface area contributed by atoms with Gasteiger partial charge in [0.05, 0.1) is 5.01 Å². The number of carbonyl (C=O) groups excluding carboxylic acids is 1. The zero-order valence-electron chi connectivity index (χ0n) is 13.6. The first-order chi connectivity index (χ1) is 12.3. The summed E-state index contributed by atoms with van der Waals surface area (Å²) in [6.07, 6.45) is 8.99. The van der Waals surface area contributed by atoms with Crippen LogP contribution in [0.3, 0.4) is 0 Å². The van der Waals surface area contributed by atoms with Crippen LogP contribution in [0.2, 0.25) is 0 Å². The lowest BCUT2D eigenvalue weighted by molar-refractivity contribution is -0.111. The Kier molecular flexibility index (Phi) is 4.54. The van der Waals surface area contributed by atoms with E-state index >= 15 is 0 Å². The number of nitrogens with one attached hydrogen (secondary N) is 2. The van der Waals surface area contributed by atoms with Crippen LogP contribution in [0.4, 0.5) is 5.69 Å². The van der Waals surface area contributed by atoms with Crippen LogP contribution < -0.4 is 10.6 Å². The number of rotatable bonds is 4. The molecule has 1 amide bonds. The van der Waals surface area contributed by atoms with Crippen molar-refractivity contribution in [3.8, 4) is 0 Å². The van der Waals surface area contributed by atoms with Gasteiger partial charge in [0.2, 0.25) is 5.91 Å². The summed E-state index contributed by atoms with van der Waals surface area (Å²) in [5.74, 6) is 0.510. The van der Waals surface area contributed by atoms with Gasteiger partial charge in [0.15, 0.2) is 0 Å². The van der Waals surface area contributed by atoms with E-state index in [1.54, 1.807) is 29.8 Å². The molecule has 0 radical (unpaired) electrons. The molecule has 2 N–H and O–H groups in total. The molecule has 1 unspecified atom stereocenters. The standard InChI is InChI=1S/C19H18N4OS/c24-18(23-17-3-1-2-13-10-20-7-6-15(13)17)5-4-14-11-21-12-16(14)19-22-8-9-25-19/h1-10,14,16,21H,11-12H2,(H,23,24)/b5-4+/t14?,16-/m1/s1. The lowest BCUT2D eigenvalue weighted by Crippen LogP contribution is -2.12. The molecule has 2 atom stereocenters. The van der Waals surface area contributed by atoms with Gasteiger partial charge in [-0.1, -0.05) is 18.2 Å². The van der Waals surface area contributed by atoms with Crippen LogP contribution in [-0.2, 0) is 4.79 Å². The molecule has 5 nitrogen and oxygen atoms in total. The minimum absolute atomic E-state index is 0.117. The average molecular weight is 350 g/mol. The van der Waals surface area contributed by atoms with Crippen LogP contribution in [0.25, 0.3) is 10.8 Å². The first-order valence-corrected chi connectivity index (χ1v) is 9.11. The molecule has 6 heteroatoms. The third kappa shape index (κ3) is 3.45. The Morgan fingerprint density at radius 3 is 3.12 bits per heavy atom. The predicted molar refractivity (Wildman–Crippen MR) is 101 cm³/mol. The Morgan fingerprint density at radius 1 is 1.28 bits per heavy atom. The van der Waals surface area contributed by atoms with Gasteiger partial charge in [0.25, 0.3) is 0 Å². The van der Waals surface area contributed by atoms with Gasteiger partial charge in [-0.25, -0.2) is 4.98 Å². The monoisotopic (exact) mass is 350 g/mol. The molecule has 3 aromatic rings. The number of nitrogens with zero attached hydrogens (tertiary/aromatic N) is 2. The van der Waals surface area contributed by atoms with E-state index in [2.05, 4.69) is 20.6 Å². The molecule has 25 heavy (non-hydrogen) atoms. The van der Waals surface area contributed by atoms with Crippen LogP contribution in [0.15, 0.2) is 60.4 Å². The van der Waals surface area contributed by atoms with Crippen LogP contribution in [0.1, 0.15) is 10.9 Å². The molecule has 1 saturated heterocycles. The average Bonchev–Trinajstić information content (AvgIpc) is 3.31. The smallest absolute Gasteiger partial charge is 0.248 e. The third-order valence-corrected chi connectivity index (χ3v) is 5.37. The van der Waals surface area contributed by atoms with Gasteiger partial charge >= 0.3 is 0 Å². The number of amides is 1. The fourth-order valence-electron chi connectivity index (χ4n) is 3.21. The molecule has 3 heterocycles. The summed E-state index contributed by atoms with van der Waals surface area (Å²) >= 11 is 1.67. The minimum Gasteiger partial charge on any atom is -0.322 e. The topological polar surface area (TPSA) is 66.9 Å². The molecular formula is C19H18N4OS. The molecule has 1 aliphatic heterocycles. The number of carbonyl (C=O) groups is 1. The number of pyridine rings is 1. The Morgan fingerprint density at radius 2 is 2.24 bits per heavy atom. The Balaban J connectivity index is 1.47. The summed E-state index contributed by atoms with van der Waals surface area (Å²) in [6, 6.07) is 7.72. The largest absolute Gasteiger partial charge is 0.322 e. The van der Waals surface area contributed by atoms with Gasteiger partial charge in [-0.2, -0.15) is 0 Å². The van der Waals surface area contributed by atoms with Crippen molar-refractivity contribution in [2.45, 2.75) is 5.92 Å². The SMILES string of the molecule is O=C(/C=C/C1CNC[C@H]1c1nccs1)Nc1cccc2cnccc12. The quantitative estimate of drug-likeness (QED) is 0.709. The molecule has 4 rings (SSSR count). The number of anilines is 1. The summed E-state index contributed by atoms with van der Waals surface area (Å²) in [5.41, 5.74) is 0.801. The van der Waals surface area contributed by atoms with Crippen molar-refractivity contribution in [2.75, 3.05) is 18.4 Å². The zero-order chi connectivity index (χ0) is 17.1. The van der Waals surface area contributed by atoms with Crippen molar-refractivity contribution in [3.63, 3.8) is 0 Å². The number of fused-ring (bicyclic) bond motifs is 1. The van der Waals surface area contributed by atoms with Gasteiger partial charge in [-0.3, -0.25) is 9.78 Å². The van der Waals surface area contributed by atoms with Crippen LogP contribution in [0, 0.1) is 5.92 Å². The Labute approximate surface area is 149 Å². The summed E-state index contributed by atoms with van der Waals surface area (Å²) in [4.78, 5) is 20.9. The third-order valence-electron chi connectivity index (χ3n) is 4.46. The van der Waals surface area contributed by atoms with E-state index in [9.17, 15) is 4.79 Å². The molecule has 1 aromatic carbocycles. The summed E-state index contributed by atoms with van der Waals surface area (Å²) in [5, 5.41) is 11.5. The maximum absolute atomic E-state index is 12.4. The maximum Gasteiger partial charge on any atom is 0.248 e. The van der Waals surface area contributed by atoms with E-state index in [4.69, 9.17) is 0 Å². The Hall–Kier alpha value is -2.57. The van der Waals surface area contributed by atoms with Gasteiger partial charge < -0.3 is 10.6 Å². The number of hydrogen-bond donors (Lipinski definition) is 2. The van der Waals surface area contributed by atoms with Crippen molar-refractivity contribution in [3.05, 3.63) is 65.4 Å². The van der Waals surface area contributed by atoms with Crippen molar-refractivity contribution in [1.82, 2.24) is 15.3 Å². The molecule has 126 valence electrons. The normalized spacial score (nSPS) is 20.3. The molecule has 0 spiro atoms. The molecule has 2 aromatic heterocycles. The highest BCUT2D eigenvalue weighted by Crippen LogP contribution is 2.30. The molecule has 1 fully saturated rings. The zero-order valence-corrected chi connectivity index (χ0v) is 14.4. The molecule has 0 aliphatic carbocycles. The summed E-state index contributed by atoms with van der Waals surface area (Å²) in [6.45, 7) is 1.77. The highest BCUT2D eigenvalue weighted by atomic mass is 32.1. The van der Waals surface area contributed by atoms with Crippen LogP contribution >= 0.6 is 11.3 Å². The first kappa shape index (κ1) is 15.9. The Bertz CT molecular complexity index is 901. The van der Waals surface area contributed by atoms with Gasteiger partial charge in [0, 0.05) is 65.4 Å². The first-order valence-electron chi connectivity index (χ1n) is 8.23. The van der Waals surface area contributed by atoms with Gasteiger partial charge in [-0.05, 0) is 18.2 Å². The van der Waals surface area contributed by atoms with Crippen molar-refractivity contribution in [2.24, 2.45) is 5.92 Å². The fourth-order valence-corrected chi connectivity index (χ4v) is 4.02. The van der Waals surface area contributed by atoms with Gasteiger partial charge in [-0.15, -0.1) is 11.3 Å². The molecule has 0 bridgehead atoms. The second-order valence-corrected chi connectivity index (χ2v) is 6.98. The van der Waals surface area contributed by atoms with Crippen molar-refractivity contribution < 1.29 is 4.79 Å². The highest BCUT2D eigenvalue weighted by molar-refractivity contribution is 7.09. The molecule has 1 aliphatic rings. The maximum atomic E-state index is 12.4. The minimum atomic E-state index is -0.117. The number of aromatic nitrogens is 2. The van der Waals surface area contributed by atoms with E-state index in [0.717, 1.165) is 34.6 Å². The lowest BCUT2D eigenvalue weighted by Gasteiger charge is -2.12. The number of hydrogen-bond acceptors (Lipinski definition) is 5. The molecule has 0 saturated carbocycles. The van der Waals surface area contributed by atoms with Crippen molar-refractivity contribution in [1.29, 1.82) is 0 Å². The molecular weight excluding hydrogens is 332 g/mol. The van der Waals surface area contributed by atoms with E-state index in [1.807, 2.05) is 41.9 Å². The van der Waals surface area contributed by atoms with Crippen LogP contribution in [-0.4, -0.2) is 29.0 Å². The van der Waals surface area contributed by atoms with Crippen molar-refractivity contribution >= 4 is 33.7 Å².